The molecule has 0 heterocycles. The molecule has 1 unspecified atom stereocenters. The molecule has 0 fully saturated rings. The number of carbonyl (C=O) groups excluding carboxylic acids is 1. The molecule has 0 saturated heterocycles. The highest BCUT2D eigenvalue weighted by Gasteiger charge is 2.17. The lowest BCUT2D eigenvalue weighted by atomic mass is 9.99. The van der Waals surface area contributed by atoms with E-state index in [1.54, 1.807) is 43.5 Å². The van der Waals surface area contributed by atoms with Crippen LogP contribution in [0.15, 0.2) is 66.7 Å². The summed E-state index contributed by atoms with van der Waals surface area (Å²) in [6.45, 7) is 2.09. The zero-order chi connectivity index (χ0) is 20.6. The van der Waals surface area contributed by atoms with Gasteiger partial charge in [0.25, 0.3) is 0 Å². The molecule has 29 heavy (non-hydrogen) atoms. The minimum Gasteiger partial charge on any atom is -0.497 e. The van der Waals surface area contributed by atoms with E-state index in [1.807, 2.05) is 30.3 Å². The highest BCUT2D eigenvalue weighted by molar-refractivity contribution is 6.30. The van der Waals surface area contributed by atoms with Crippen LogP contribution in [0.1, 0.15) is 30.6 Å². The van der Waals surface area contributed by atoms with E-state index < -0.39 is 6.10 Å². The summed E-state index contributed by atoms with van der Waals surface area (Å²) in [5.41, 5.74) is 1.85. The smallest absolute Gasteiger partial charge is 0.179 e. The fourth-order valence-electron chi connectivity index (χ4n) is 3.01. The van der Waals surface area contributed by atoms with E-state index in [0.29, 0.717) is 22.3 Å². The first-order valence-electron chi connectivity index (χ1n) is 9.45. The minimum absolute atomic E-state index is 0.604. The van der Waals surface area contributed by atoms with Crippen LogP contribution in [0.5, 0.6) is 23.0 Å². The van der Waals surface area contributed by atoms with Crippen LogP contribution >= 0.6 is 11.6 Å². The predicted octanol–water partition coefficient (Wildman–Crippen LogP) is 6.41. The minimum atomic E-state index is -0.700. The Morgan fingerprint density at radius 3 is 2.14 bits per heavy atom. The summed E-state index contributed by atoms with van der Waals surface area (Å²) in [5.74, 6) is 2.74. The van der Waals surface area contributed by atoms with Crippen molar-refractivity contribution < 1.29 is 19.0 Å². The van der Waals surface area contributed by atoms with Crippen LogP contribution < -0.4 is 14.2 Å². The van der Waals surface area contributed by atoms with Gasteiger partial charge in [0, 0.05) is 10.6 Å². The summed E-state index contributed by atoms with van der Waals surface area (Å²) in [6.07, 6.45) is 1.86. The van der Waals surface area contributed by atoms with Crippen LogP contribution in [0.25, 0.3) is 0 Å². The number of halogens is 1. The Balaban J connectivity index is 1.83. The summed E-state index contributed by atoms with van der Waals surface area (Å²) in [5, 5.41) is 0.656. The van der Waals surface area contributed by atoms with Gasteiger partial charge in [0.05, 0.1) is 7.11 Å². The van der Waals surface area contributed by atoms with Gasteiger partial charge in [-0.2, -0.15) is 0 Å². The number of hydrogen-bond acceptors (Lipinski definition) is 4. The number of carbonyl (C=O) groups is 1. The van der Waals surface area contributed by atoms with Gasteiger partial charge in [0.15, 0.2) is 12.4 Å². The molecule has 4 nitrogen and oxygen atoms in total. The second-order valence-electron chi connectivity index (χ2n) is 6.52. The van der Waals surface area contributed by atoms with Crippen LogP contribution in [0, 0.1) is 0 Å². The van der Waals surface area contributed by atoms with E-state index in [2.05, 4.69) is 6.92 Å². The molecule has 1 atom stereocenters. The van der Waals surface area contributed by atoms with Gasteiger partial charge in [-0.25, -0.2) is 0 Å². The summed E-state index contributed by atoms with van der Waals surface area (Å²) in [7, 11) is 1.61. The highest BCUT2D eigenvalue weighted by Crippen LogP contribution is 2.30. The van der Waals surface area contributed by atoms with Gasteiger partial charge < -0.3 is 14.2 Å². The van der Waals surface area contributed by atoms with Gasteiger partial charge in [0.1, 0.15) is 23.0 Å². The molecule has 5 heteroatoms. The number of methoxy groups -OCH3 is 1. The van der Waals surface area contributed by atoms with Crippen molar-refractivity contribution in [3.05, 3.63) is 82.9 Å². The molecule has 0 bridgehead atoms. The van der Waals surface area contributed by atoms with Crippen LogP contribution in [-0.2, 0) is 11.2 Å². The molecule has 0 spiro atoms. The molecular formula is C24H23ClO4. The largest absolute Gasteiger partial charge is 0.497 e. The number of benzene rings is 3. The van der Waals surface area contributed by atoms with Gasteiger partial charge >= 0.3 is 0 Å². The Hall–Kier alpha value is -2.98. The molecule has 150 valence electrons. The average Bonchev–Trinajstić information content (AvgIpc) is 2.75. The summed E-state index contributed by atoms with van der Waals surface area (Å²) in [6, 6.07) is 20.1. The van der Waals surface area contributed by atoms with Crippen LogP contribution in [0.2, 0.25) is 5.02 Å². The van der Waals surface area contributed by atoms with E-state index in [-0.39, 0.29) is 0 Å². The first-order chi connectivity index (χ1) is 14.1. The third-order valence-electron chi connectivity index (χ3n) is 4.44. The second kappa shape index (κ2) is 9.99. The van der Waals surface area contributed by atoms with Crippen LogP contribution in [-0.4, -0.2) is 13.4 Å². The lowest BCUT2D eigenvalue weighted by Gasteiger charge is -2.18. The number of aryl methyl sites for hydroxylation is 1. The Morgan fingerprint density at radius 1 is 0.897 bits per heavy atom. The van der Waals surface area contributed by atoms with Crippen molar-refractivity contribution in [1.82, 2.24) is 0 Å². The summed E-state index contributed by atoms with van der Waals surface area (Å²) < 4.78 is 17.0. The predicted molar refractivity (Wildman–Crippen MR) is 114 cm³/mol. The third kappa shape index (κ3) is 5.52. The van der Waals surface area contributed by atoms with Crippen LogP contribution in [0.4, 0.5) is 0 Å². The van der Waals surface area contributed by atoms with Crippen molar-refractivity contribution in [1.29, 1.82) is 0 Å². The van der Waals surface area contributed by atoms with Crippen molar-refractivity contribution in [3.63, 3.8) is 0 Å². The first kappa shape index (κ1) is 20.7. The molecule has 0 saturated carbocycles. The van der Waals surface area contributed by atoms with E-state index in [9.17, 15) is 4.79 Å². The zero-order valence-corrected chi connectivity index (χ0v) is 17.2. The molecule has 0 amide bonds. The van der Waals surface area contributed by atoms with Gasteiger partial charge in [-0.3, -0.25) is 4.79 Å². The molecule has 0 aliphatic heterocycles. The molecule has 0 radical (unpaired) electrons. The third-order valence-corrected chi connectivity index (χ3v) is 4.69. The molecular weight excluding hydrogens is 388 g/mol. The lowest BCUT2D eigenvalue weighted by Crippen LogP contribution is -2.12. The quantitative estimate of drug-likeness (QED) is 0.382. The fourth-order valence-corrected chi connectivity index (χ4v) is 3.14. The first-order valence-corrected chi connectivity index (χ1v) is 9.83. The molecule has 3 rings (SSSR count). The highest BCUT2D eigenvalue weighted by atomic mass is 35.5. The maximum absolute atomic E-state index is 11.8. The van der Waals surface area contributed by atoms with Gasteiger partial charge in [0.2, 0.25) is 0 Å². The average molecular weight is 411 g/mol. The maximum atomic E-state index is 11.8. The van der Waals surface area contributed by atoms with Gasteiger partial charge in [-0.15, -0.1) is 0 Å². The molecule has 3 aromatic carbocycles. The Kier molecular flexibility index (Phi) is 7.14. The molecule has 3 aromatic rings. The van der Waals surface area contributed by atoms with Crippen molar-refractivity contribution in [3.8, 4) is 23.0 Å². The summed E-state index contributed by atoms with van der Waals surface area (Å²) in [4.78, 5) is 11.8. The standard InChI is InChI=1S/C24H23ClO4/c1-3-4-17-15-22(28-20-7-5-18(25)6-8-20)13-14-23(17)24(16-26)29-21-11-9-19(27-2)10-12-21/h5-16,24H,3-4H2,1-2H3. The molecule has 0 aliphatic rings. The van der Waals surface area contributed by atoms with Crippen molar-refractivity contribution in [2.75, 3.05) is 7.11 Å². The Bertz CT molecular complexity index is 936. The molecule has 0 aliphatic carbocycles. The van der Waals surface area contributed by atoms with Crippen molar-refractivity contribution in [2.45, 2.75) is 25.9 Å². The van der Waals surface area contributed by atoms with E-state index in [0.717, 1.165) is 36.0 Å². The number of hydrogen-bond donors (Lipinski definition) is 0. The van der Waals surface area contributed by atoms with E-state index in [4.69, 9.17) is 25.8 Å². The molecule has 0 N–H and O–H groups in total. The van der Waals surface area contributed by atoms with Crippen molar-refractivity contribution >= 4 is 17.9 Å². The fraction of sp³-hybridized carbons (Fsp3) is 0.208. The Labute approximate surface area is 176 Å². The summed E-state index contributed by atoms with van der Waals surface area (Å²) >= 11 is 5.93. The number of ether oxygens (including phenoxy) is 3. The second-order valence-corrected chi connectivity index (χ2v) is 6.95. The monoisotopic (exact) mass is 410 g/mol. The normalized spacial score (nSPS) is 11.6. The van der Waals surface area contributed by atoms with E-state index >= 15 is 0 Å². The zero-order valence-electron chi connectivity index (χ0n) is 16.4. The molecule has 0 aromatic heterocycles. The lowest BCUT2D eigenvalue weighted by molar-refractivity contribution is -0.113. The SMILES string of the molecule is CCCc1cc(Oc2ccc(Cl)cc2)ccc1C(C=O)Oc1ccc(OC)cc1. The van der Waals surface area contributed by atoms with E-state index in [1.165, 1.54) is 0 Å². The Morgan fingerprint density at radius 2 is 1.52 bits per heavy atom. The number of aldehydes is 1. The van der Waals surface area contributed by atoms with Crippen LogP contribution in [0.3, 0.4) is 0 Å². The van der Waals surface area contributed by atoms with Gasteiger partial charge in [-0.05, 0) is 72.6 Å². The topological polar surface area (TPSA) is 44.8 Å². The maximum Gasteiger partial charge on any atom is 0.179 e. The van der Waals surface area contributed by atoms with Gasteiger partial charge in [-0.1, -0.05) is 31.0 Å². The van der Waals surface area contributed by atoms with Crippen molar-refractivity contribution in [2.24, 2.45) is 0 Å². The number of rotatable bonds is 9.